The molecule has 0 saturated heterocycles. The van der Waals surface area contributed by atoms with E-state index >= 15 is 0 Å². The van der Waals surface area contributed by atoms with E-state index in [1.54, 1.807) is 32.9 Å². The summed E-state index contributed by atoms with van der Waals surface area (Å²) in [6, 6.07) is 15.7. The molecule has 1 heterocycles. The Morgan fingerprint density at radius 3 is 2.29 bits per heavy atom. The van der Waals surface area contributed by atoms with E-state index in [1.165, 1.54) is 16.9 Å². The fourth-order valence-electron chi connectivity index (χ4n) is 3.36. The summed E-state index contributed by atoms with van der Waals surface area (Å²) in [5.41, 5.74) is 3.02. The first-order chi connectivity index (χ1) is 16.1. The maximum Gasteiger partial charge on any atom is 0.349 e. The van der Waals surface area contributed by atoms with Crippen LogP contribution in [0.25, 0.3) is 10.4 Å². The van der Waals surface area contributed by atoms with Gasteiger partial charge in [0.25, 0.3) is 5.91 Å². The maximum atomic E-state index is 12.7. The first kappa shape index (κ1) is 25.4. The first-order valence-corrected chi connectivity index (χ1v) is 12.2. The average molecular weight is 481 g/mol. The highest BCUT2D eigenvalue weighted by Gasteiger charge is 2.31. The van der Waals surface area contributed by atoms with Gasteiger partial charge in [-0.2, -0.15) is 0 Å². The van der Waals surface area contributed by atoms with E-state index in [0.717, 1.165) is 21.7 Å². The summed E-state index contributed by atoms with van der Waals surface area (Å²) in [6.07, 6.45) is 0. The van der Waals surface area contributed by atoms with Crippen LogP contribution in [-0.2, 0) is 16.1 Å². The lowest BCUT2D eigenvalue weighted by Gasteiger charge is -2.24. The Morgan fingerprint density at radius 1 is 1.06 bits per heavy atom. The quantitative estimate of drug-likeness (QED) is 0.386. The van der Waals surface area contributed by atoms with Crippen LogP contribution >= 0.6 is 11.3 Å². The van der Waals surface area contributed by atoms with Gasteiger partial charge in [-0.1, -0.05) is 50.2 Å². The van der Waals surface area contributed by atoms with Crippen LogP contribution in [0.5, 0.6) is 5.75 Å². The van der Waals surface area contributed by atoms with E-state index in [4.69, 9.17) is 9.47 Å². The van der Waals surface area contributed by atoms with Crippen molar-refractivity contribution in [3.05, 3.63) is 70.4 Å². The molecule has 1 N–H and O–H groups in total. The summed E-state index contributed by atoms with van der Waals surface area (Å²) in [7, 11) is 0. The minimum atomic E-state index is -1.08. The largest absolute Gasteiger partial charge is 0.476 e. The maximum absolute atomic E-state index is 12.7. The number of nitrogens with zero attached hydrogens (tertiary/aromatic N) is 1. The summed E-state index contributed by atoms with van der Waals surface area (Å²) >= 11 is 1.40. The molecule has 3 rings (SSSR count). The van der Waals surface area contributed by atoms with E-state index in [0.29, 0.717) is 29.8 Å². The molecule has 0 atom stereocenters. The zero-order valence-electron chi connectivity index (χ0n) is 20.6. The zero-order chi connectivity index (χ0) is 24.9. The molecule has 0 unspecified atom stereocenters. The predicted molar refractivity (Wildman–Crippen MR) is 135 cm³/mol. The van der Waals surface area contributed by atoms with Crippen LogP contribution in [0.1, 0.15) is 67.2 Å². The number of amides is 1. The molecule has 0 aliphatic carbocycles. The van der Waals surface area contributed by atoms with Crippen molar-refractivity contribution in [2.24, 2.45) is 0 Å². The second kappa shape index (κ2) is 10.8. The van der Waals surface area contributed by atoms with Crippen LogP contribution in [0.15, 0.2) is 48.5 Å². The molecule has 2 aromatic carbocycles. The number of benzene rings is 2. The van der Waals surface area contributed by atoms with Crippen molar-refractivity contribution in [3.8, 4) is 16.2 Å². The lowest BCUT2D eigenvalue weighted by atomic mass is 10.0. The van der Waals surface area contributed by atoms with Gasteiger partial charge in [0.05, 0.1) is 17.2 Å². The second-order valence-corrected chi connectivity index (χ2v) is 9.87. The molecule has 6 nitrogen and oxygen atoms in total. The molecule has 0 bridgehead atoms. The highest BCUT2D eigenvalue weighted by molar-refractivity contribution is 7.17. The van der Waals surface area contributed by atoms with Crippen molar-refractivity contribution in [1.29, 1.82) is 0 Å². The van der Waals surface area contributed by atoms with E-state index in [-0.39, 0.29) is 5.91 Å². The number of carbonyl (C=O) groups is 2. The Balaban J connectivity index is 1.60. The normalized spacial score (nSPS) is 11.4. The van der Waals surface area contributed by atoms with Gasteiger partial charge in [-0.05, 0) is 62.4 Å². The van der Waals surface area contributed by atoms with Crippen molar-refractivity contribution in [1.82, 2.24) is 10.3 Å². The number of carbonyl (C=O) groups excluding carboxylic acids is 2. The number of ether oxygens (including phenoxy) is 2. The van der Waals surface area contributed by atoms with Crippen molar-refractivity contribution >= 4 is 23.2 Å². The van der Waals surface area contributed by atoms with Crippen LogP contribution in [0, 0.1) is 6.92 Å². The van der Waals surface area contributed by atoms with Gasteiger partial charge < -0.3 is 14.8 Å². The fraction of sp³-hybridized carbons (Fsp3) is 0.370. The van der Waals surface area contributed by atoms with Crippen LogP contribution in [-0.4, -0.2) is 29.1 Å². The molecule has 0 saturated carbocycles. The Bertz CT molecular complexity index is 1130. The third kappa shape index (κ3) is 6.23. The van der Waals surface area contributed by atoms with E-state index in [1.807, 2.05) is 19.1 Å². The number of esters is 1. The third-order valence-electron chi connectivity index (χ3n) is 5.35. The minimum absolute atomic E-state index is 0.207. The molecule has 0 aliphatic heterocycles. The van der Waals surface area contributed by atoms with E-state index in [2.05, 4.69) is 48.4 Å². The molecule has 0 radical (unpaired) electrons. The van der Waals surface area contributed by atoms with Crippen LogP contribution in [0.4, 0.5) is 0 Å². The minimum Gasteiger partial charge on any atom is -0.476 e. The highest BCUT2D eigenvalue weighted by atomic mass is 32.1. The lowest BCUT2D eigenvalue weighted by Crippen LogP contribution is -2.39. The summed E-state index contributed by atoms with van der Waals surface area (Å²) in [6.45, 7) is 12.0. The van der Waals surface area contributed by atoms with Gasteiger partial charge in [-0.25, -0.2) is 9.78 Å². The molecule has 3 aromatic rings. The topological polar surface area (TPSA) is 77.5 Å². The molecular weight excluding hydrogens is 448 g/mol. The molecule has 1 aromatic heterocycles. The Hall–Kier alpha value is -3.19. The Kier molecular flexibility index (Phi) is 8.10. The van der Waals surface area contributed by atoms with Gasteiger partial charge in [0.15, 0.2) is 10.6 Å². The third-order valence-corrected chi connectivity index (χ3v) is 6.55. The molecule has 0 spiro atoms. The number of thiazole rings is 1. The van der Waals surface area contributed by atoms with Crippen molar-refractivity contribution in [3.63, 3.8) is 0 Å². The average Bonchev–Trinajstić information content (AvgIpc) is 3.20. The summed E-state index contributed by atoms with van der Waals surface area (Å²) in [5.74, 6) is 0.404. The van der Waals surface area contributed by atoms with Crippen LogP contribution in [0.3, 0.4) is 0 Å². The predicted octanol–water partition coefficient (Wildman–Crippen LogP) is 5.89. The number of hydrogen-bond donors (Lipinski definition) is 1. The van der Waals surface area contributed by atoms with Gasteiger partial charge >= 0.3 is 5.97 Å². The van der Waals surface area contributed by atoms with Crippen LogP contribution < -0.4 is 10.1 Å². The van der Waals surface area contributed by atoms with Crippen molar-refractivity contribution in [2.45, 2.75) is 59.6 Å². The molecule has 7 heteroatoms. The highest BCUT2D eigenvalue weighted by Crippen LogP contribution is 2.31. The number of nitrogens with one attached hydrogen (secondary N) is 1. The zero-order valence-corrected chi connectivity index (χ0v) is 21.4. The van der Waals surface area contributed by atoms with Crippen molar-refractivity contribution in [2.75, 3.05) is 6.61 Å². The standard InChI is InChI=1S/C27H32N2O4S/c1-7-32-26(31)27(5,6)33-22-14-8-19(9-15-22)16-28-24(30)25-29-18(4)23(34-25)21-12-10-20(11-13-21)17(2)3/h8-15,17H,7,16H2,1-6H3,(H,28,30). The number of aromatic nitrogens is 1. The smallest absolute Gasteiger partial charge is 0.349 e. The second-order valence-electron chi connectivity index (χ2n) is 8.87. The van der Waals surface area contributed by atoms with Gasteiger partial charge in [0.1, 0.15) is 5.75 Å². The Labute approximate surface area is 205 Å². The molecular formula is C27H32N2O4S. The van der Waals surface area contributed by atoms with Gasteiger partial charge in [-0.15, -0.1) is 11.3 Å². The van der Waals surface area contributed by atoms with Gasteiger partial charge in [-0.3, -0.25) is 4.79 Å². The number of hydrogen-bond acceptors (Lipinski definition) is 6. The lowest BCUT2D eigenvalue weighted by molar-refractivity contribution is -0.158. The summed E-state index contributed by atoms with van der Waals surface area (Å²) in [5, 5.41) is 3.37. The fourth-order valence-corrected chi connectivity index (χ4v) is 4.34. The monoisotopic (exact) mass is 480 g/mol. The molecule has 180 valence electrons. The van der Waals surface area contributed by atoms with Crippen molar-refractivity contribution < 1.29 is 19.1 Å². The molecule has 0 aliphatic rings. The number of aryl methyl sites for hydroxylation is 1. The van der Waals surface area contributed by atoms with E-state index in [9.17, 15) is 9.59 Å². The first-order valence-electron chi connectivity index (χ1n) is 11.4. The molecule has 34 heavy (non-hydrogen) atoms. The summed E-state index contributed by atoms with van der Waals surface area (Å²) < 4.78 is 10.8. The molecule has 1 amide bonds. The summed E-state index contributed by atoms with van der Waals surface area (Å²) in [4.78, 5) is 30.2. The Morgan fingerprint density at radius 2 is 1.71 bits per heavy atom. The van der Waals surface area contributed by atoms with E-state index < -0.39 is 11.6 Å². The number of rotatable bonds is 9. The SMILES string of the molecule is CCOC(=O)C(C)(C)Oc1ccc(CNC(=O)c2nc(C)c(-c3ccc(C(C)C)cc3)s2)cc1. The van der Waals surface area contributed by atoms with Gasteiger partial charge in [0, 0.05) is 6.54 Å². The molecule has 0 fully saturated rings. The van der Waals surface area contributed by atoms with Crippen LogP contribution in [0.2, 0.25) is 0 Å². The van der Waals surface area contributed by atoms with Gasteiger partial charge in [0.2, 0.25) is 0 Å².